The molecule has 0 bridgehead atoms. The summed E-state index contributed by atoms with van der Waals surface area (Å²) in [5.74, 6) is 1.80. The summed E-state index contributed by atoms with van der Waals surface area (Å²) < 4.78 is 0. The van der Waals surface area contributed by atoms with Gasteiger partial charge in [0.05, 0.1) is 0 Å². The highest BCUT2D eigenvalue weighted by atomic mass is 16.1. The number of ketones is 1. The normalized spacial score (nSPS) is 56.7. The van der Waals surface area contributed by atoms with Crippen LogP contribution in [0, 0.1) is 22.7 Å². The van der Waals surface area contributed by atoms with Crippen LogP contribution in [0.4, 0.5) is 0 Å². The summed E-state index contributed by atoms with van der Waals surface area (Å²) in [7, 11) is 0. The van der Waals surface area contributed by atoms with Gasteiger partial charge in [0.1, 0.15) is 5.78 Å². The second-order valence-corrected chi connectivity index (χ2v) is 5.37. The molecule has 0 radical (unpaired) electrons. The molecule has 0 heterocycles. The highest BCUT2D eigenvalue weighted by Crippen LogP contribution is 2.63. The minimum Gasteiger partial charge on any atom is -0.298 e. The molecule has 0 aromatic heterocycles. The molecule has 1 nitrogen and oxygen atoms in total. The van der Waals surface area contributed by atoms with Crippen molar-refractivity contribution in [2.45, 2.75) is 40.5 Å². The molecule has 0 aliphatic heterocycles. The average molecular weight is 166 g/mol. The summed E-state index contributed by atoms with van der Waals surface area (Å²) in [4.78, 5) is 12.0. The lowest BCUT2D eigenvalue weighted by atomic mass is 9.87. The summed E-state index contributed by atoms with van der Waals surface area (Å²) >= 11 is 0. The molecule has 0 spiro atoms. The van der Waals surface area contributed by atoms with Gasteiger partial charge in [0.25, 0.3) is 0 Å². The van der Waals surface area contributed by atoms with Crippen molar-refractivity contribution in [2.75, 3.05) is 0 Å². The lowest BCUT2D eigenvalue weighted by Gasteiger charge is -2.15. The average Bonchev–Trinajstić information content (AvgIpc) is 2.77. The van der Waals surface area contributed by atoms with Gasteiger partial charge in [-0.3, -0.25) is 4.79 Å². The van der Waals surface area contributed by atoms with E-state index < -0.39 is 0 Å². The quantitative estimate of drug-likeness (QED) is 0.616. The van der Waals surface area contributed by atoms with Crippen molar-refractivity contribution in [1.29, 1.82) is 0 Å². The molecule has 2 aliphatic carbocycles. The predicted molar refractivity (Wildman–Crippen MR) is 48.8 cm³/mol. The molecular weight excluding hydrogens is 148 g/mol. The SMILES string of the molecule is C[C@H]1C[C@]1(C)C(=O)[C@@]1(C)C[C@@H]1C. The Morgan fingerprint density at radius 3 is 1.50 bits per heavy atom. The van der Waals surface area contributed by atoms with Gasteiger partial charge < -0.3 is 0 Å². The lowest BCUT2D eigenvalue weighted by Crippen LogP contribution is -2.24. The van der Waals surface area contributed by atoms with Gasteiger partial charge in [-0.15, -0.1) is 0 Å². The monoisotopic (exact) mass is 166 g/mol. The molecule has 2 aliphatic rings. The predicted octanol–water partition coefficient (Wildman–Crippen LogP) is 2.65. The molecule has 0 aromatic carbocycles. The van der Waals surface area contributed by atoms with E-state index in [1.54, 1.807) is 0 Å². The van der Waals surface area contributed by atoms with Crippen LogP contribution in [0.1, 0.15) is 40.5 Å². The van der Waals surface area contributed by atoms with Crippen LogP contribution in [-0.2, 0) is 4.79 Å². The van der Waals surface area contributed by atoms with E-state index in [0.717, 1.165) is 12.8 Å². The maximum Gasteiger partial charge on any atom is 0.145 e. The van der Waals surface area contributed by atoms with Gasteiger partial charge in [0, 0.05) is 10.8 Å². The summed E-state index contributed by atoms with van der Waals surface area (Å²) in [6.07, 6.45) is 2.24. The van der Waals surface area contributed by atoms with Crippen LogP contribution in [0.3, 0.4) is 0 Å². The van der Waals surface area contributed by atoms with Crippen LogP contribution < -0.4 is 0 Å². The van der Waals surface area contributed by atoms with Gasteiger partial charge in [-0.25, -0.2) is 0 Å². The van der Waals surface area contributed by atoms with Crippen LogP contribution in [0.5, 0.6) is 0 Å². The first kappa shape index (κ1) is 8.28. The number of Topliss-reactive ketones (excluding diaryl/α,β-unsaturated/α-hetero) is 1. The number of rotatable bonds is 2. The van der Waals surface area contributed by atoms with E-state index in [1.807, 2.05) is 0 Å². The molecular formula is C11H18O. The minimum absolute atomic E-state index is 0.0551. The Kier molecular flexibility index (Phi) is 1.34. The molecule has 0 amide bonds. The Hall–Kier alpha value is -0.330. The van der Waals surface area contributed by atoms with Gasteiger partial charge in [0.15, 0.2) is 0 Å². The van der Waals surface area contributed by atoms with Crippen LogP contribution in [0.15, 0.2) is 0 Å². The first-order valence-electron chi connectivity index (χ1n) is 4.96. The number of hydrogen-bond acceptors (Lipinski definition) is 1. The van der Waals surface area contributed by atoms with Crippen LogP contribution >= 0.6 is 0 Å². The third-order valence-electron chi connectivity index (χ3n) is 4.35. The summed E-state index contributed by atoms with van der Waals surface area (Å²) in [6.45, 7) is 8.65. The van der Waals surface area contributed by atoms with Crippen molar-refractivity contribution >= 4 is 5.78 Å². The van der Waals surface area contributed by atoms with Crippen LogP contribution in [0.25, 0.3) is 0 Å². The fourth-order valence-corrected chi connectivity index (χ4v) is 2.44. The molecule has 2 fully saturated rings. The van der Waals surface area contributed by atoms with Gasteiger partial charge in [0.2, 0.25) is 0 Å². The van der Waals surface area contributed by atoms with E-state index in [0.29, 0.717) is 17.6 Å². The Balaban J connectivity index is 2.12. The minimum atomic E-state index is 0.0551. The van der Waals surface area contributed by atoms with Gasteiger partial charge in [-0.05, 0) is 24.7 Å². The van der Waals surface area contributed by atoms with Crippen molar-refractivity contribution in [3.8, 4) is 0 Å². The van der Waals surface area contributed by atoms with E-state index >= 15 is 0 Å². The highest BCUT2D eigenvalue weighted by Gasteiger charge is 2.64. The maximum absolute atomic E-state index is 12.0. The number of carbonyl (C=O) groups excluding carboxylic acids is 1. The van der Waals surface area contributed by atoms with Crippen LogP contribution in [0.2, 0.25) is 0 Å². The molecule has 12 heavy (non-hydrogen) atoms. The van der Waals surface area contributed by atoms with Gasteiger partial charge in [-0.2, -0.15) is 0 Å². The molecule has 68 valence electrons. The van der Waals surface area contributed by atoms with Gasteiger partial charge in [-0.1, -0.05) is 27.7 Å². The van der Waals surface area contributed by atoms with E-state index in [9.17, 15) is 4.79 Å². The zero-order valence-corrected chi connectivity index (χ0v) is 8.48. The Morgan fingerprint density at radius 1 is 1.08 bits per heavy atom. The largest absolute Gasteiger partial charge is 0.298 e. The van der Waals surface area contributed by atoms with Crippen molar-refractivity contribution in [2.24, 2.45) is 22.7 Å². The summed E-state index contributed by atoms with van der Waals surface area (Å²) in [6, 6.07) is 0. The van der Waals surface area contributed by atoms with E-state index in [-0.39, 0.29) is 10.8 Å². The number of hydrogen-bond donors (Lipinski definition) is 0. The van der Waals surface area contributed by atoms with E-state index in [1.165, 1.54) is 0 Å². The maximum atomic E-state index is 12.0. The van der Waals surface area contributed by atoms with E-state index in [2.05, 4.69) is 27.7 Å². The highest BCUT2D eigenvalue weighted by molar-refractivity contribution is 5.94. The number of carbonyl (C=O) groups is 1. The first-order chi connectivity index (χ1) is 5.41. The van der Waals surface area contributed by atoms with Crippen molar-refractivity contribution in [3.05, 3.63) is 0 Å². The Labute approximate surface area is 74.5 Å². The smallest absolute Gasteiger partial charge is 0.145 e. The zero-order chi connectivity index (χ0) is 9.15. The molecule has 1 heteroatoms. The van der Waals surface area contributed by atoms with Crippen molar-refractivity contribution < 1.29 is 4.79 Å². The Bertz CT molecular complexity index is 221. The third-order valence-corrected chi connectivity index (χ3v) is 4.35. The zero-order valence-electron chi connectivity index (χ0n) is 8.48. The van der Waals surface area contributed by atoms with Crippen LogP contribution in [-0.4, -0.2) is 5.78 Å². The van der Waals surface area contributed by atoms with Gasteiger partial charge >= 0.3 is 0 Å². The second kappa shape index (κ2) is 1.94. The molecule has 4 atom stereocenters. The molecule has 0 unspecified atom stereocenters. The molecule has 2 rings (SSSR count). The fraction of sp³-hybridized carbons (Fsp3) is 0.909. The fourth-order valence-electron chi connectivity index (χ4n) is 2.44. The topological polar surface area (TPSA) is 17.1 Å². The molecule has 2 saturated carbocycles. The summed E-state index contributed by atoms with van der Waals surface area (Å²) in [5.41, 5.74) is 0.110. The lowest BCUT2D eigenvalue weighted by molar-refractivity contribution is -0.129. The Morgan fingerprint density at radius 2 is 1.33 bits per heavy atom. The molecule has 0 aromatic rings. The summed E-state index contributed by atoms with van der Waals surface area (Å²) in [5, 5.41) is 0. The van der Waals surface area contributed by atoms with Crippen molar-refractivity contribution in [3.63, 3.8) is 0 Å². The first-order valence-corrected chi connectivity index (χ1v) is 4.96. The third kappa shape index (κ3) is 0.826. The van der Waals surface area contributed by atoms with Crippen molar-refractivity contribution in [1.82, 2.24) is 0 Å². The standard InChI is InChI=1S/C11H18O/c1-7-5-10(7,3)9(12)11(4)6-8(11)2/h7-8H,5-6H2,1-4H3/t7-,8-,10-,11-/m0/s1. The second-order valence-electron chi connectivity index (χ2n) is 5.37. The van der Waals surface area contributed by atoms with E-state index in [4.69, 9.17) is 0 Å². The molecule has 0 saturated heterocycles. The molecule has 0 N–H and O–H groups in total.